The van der Waals surface area contributed by atoms with Crippen molar-refractivity contribution in [1.29, 1.82) is 0 Å². The smallest absolute Gasteiger partial charge is 0.275 e. The average molecular weight is 444 g/mol. The summed E-state index contributed by atoms with van der Waals surface area (Å²) in [6, 6.07) is 19.8. The molecule has 0 radical (unpaired) electrons. The molecule has 1 aliphatic rings. The van der Waals surface area contributed by atoms with Crippen LogP contribution in [0.4, 0.5) is 5.69 Å². The highest BCUT2D eigenvalue weighted by Gasteiger charge is 2.49. The van der Waals surface area contributed by atoms with Crippen molar-refractivity contribution in [2.75, 3.05) is 4.90 Å². The number of amides is 2. The fraction of sp³-hybridized carbons (Fsp3) is 0.231. The lowest BCUT2D eigenvalue weighted by atomic mass is 9.92. The predicted octanol–water partition coefficient (Wildman–Crippen LogP) is 5.06. The third-order valence-electron chi connectivity index (χ3n) is 6.26. The molecule has 2 aromatic heterocycles. The van der Waals surface area contributed by atoms with Crippen molar-refractivity contribution in [3.05, 3.63) is 88.4 Å². The first-order valence-corrected chi connectivity index (χ1v) is 11.6. The van der Waals surface area contributed by atoms with Crippen LogP contribution in [-0.4, -0.2) is 21.9 Å². The minimum atomic E-state index is -1.07. The van der Waals surface area contributed by atoms with Gasteiger partial charge in [0.1, 0.15) is 16.1 Å². The van der Waals surface area contributed by atoms with Crippen LogP contribution < -0.4 is 10.2 Å². The van der Waals surface area contributed by atoms with Crippen LogP contribution in [-0.2, 0) is 17.9 Å². The topological polar surface area (TPSA) is 54.3 Å². The van der Waals surface area contributed by atoms with E-state index in [1.807, 2.05) is 85.3 Å². The SMILES string of the molecule is Cc1ccc(N2C(=O)c3cc4ccsc4n3C[C@@]2(C)C(=O)NCc2ccccc2)c(C)c1. The Morgan fingerprint density at radius 1 is 1.09 bits per heavy atom. The van der Waals surface area contributed by atoms with Gasteiger partial charge in [-0.1, -0.05) is 48.0 Å². The van der Waals surface area contributed by atoms with Crippen LogP contribution in [0.2, 0.25) is 0 Å². The first-order valence-electron chi connectivity index (χ1n) is 10.7. The molecule has 6 heteroatoms. The van der Waals surface area contributed by atoms with Crippen LogP contribution in [0.1, 0.15) is 34.1 Å². The van der Waals surface area contributed by atoms with Crippen LogP contribution >= 0.6 is 11.3 Å². The number of thiophene rings is 1. The summed E-state index contributed by atoms with van der Waals surface area (Å²) in [4.78, 5) is 30.3. The molecule has 0 saturated heterocycles. The number of nitrogens with one attached hydrogen (secondary N) is 1. The number of fused-ring (bicyclic) bond motifs is 3. The van der Waals surface area contributed by atoms with Crippen LogP contribution in [0.3, 0.4) is 0 Å². The molecule has 5 nitrogen and oxygen atoms in total. The Morgan fingerprint density at radius 2 is 1.88 bits per heavy atom. The molecule has 162 valence electrons. The number of aryl methyl sites for hydroxylation is 2. The Balaban J connectivity index is 1.60. The van der Waals surface area contributed by atoms with Gasteiger partial charge in [-0.15, -0.1) is 11.3 Å². The maximum absolute atomic E-state index is 13.8. The van der Waals surface area contributed by atoms with Gasteiger partial charge in [0.15, 0.2) is 0 Å². The summed E-state index contributed by atoms with van der Waals surface area (Å²) in [5.74, 6) is -0.317. The molecular weight excluding hydrogens is 418 g/mol. The van der Waals surface area contributed by atoms with Crippen LogP contribution in [0, 0.1) is 13.8 Å². The maximum Gasteiger partial charge on any atom is 0.275 e. The standard InChI is InChI=1S/C26H25N3O2S/c1-17-9-10-21(18(2)13-17)29-23(30)22-14-20-11-12-32-24(20)28(22)16-26(29,3)25(31)27-15-19-7-5-4-6-8-19/h4-14H,15-16H2,1-3H3,(H,27,31)/t26-/m0/s1. The fourth-order valence-corrected chi connectivity index (χ4v) is 5.50. The normalized spacial score (nSPS) is 18.1. The highest BCUT2D eigenvalue weighted by atomic mass is 32.1. The van der Waals surface area contributed by atoms with E-state index < -0.39 is 5.54 Å². The second kappa shape index (κ2) is 7.64. The number of nitrogens with zero attached hydrogens (tertiary/aromatic N) is 2. The largest absolute Gasteiger partial charge is 0.350 e. The molecule has 0 aliphatic carbocycles. The van der Waals surface area contributed by atoms with Gasteiger partial charge < -0.3 is 9.88 Å². The van der Waals surface area contributed by atoms with Gasteiger partial charge in [-0.2, -0.15) is 0 Å². The molecule has 32 heavy (non-hydrogen) atoms. The van der Waals surface area contributed by atoms with E-state index >= 15 is 0 Å². The summed E-state index contributed by atoms with van der Waals surface area (Å²) < 4.78 is 2.00. The molecule has 4 aromatic rings. The Hall–Kier alpha value is -3.38. The highest BCUT2D eigenvalue weighted by Crippen LogP contribution is 2.38. The van der Waals surface area contributed by atoms with Crippen molar-refractivity contribution in [2.45, 2.75) is 39.4 Å². The lowest BCUT2D eigenvalue weighted by Gasteiger charge is -2.44. The molecule has 1 aliphatic heterocycles. The molecule has 2 aromatic carbocycles. The van der Waals surface area contributed by atoms with Gasteiger partial charge in [0.05, 0.1) is 6.54 Å². The first-order chi connectivity index (χ1) is 15.4. The number of rotatable bonds is 4. The lowest BCUT2D eigenvalue weighted by Crippen LogP contribution is -2.64. The molecule has 0 fully saturated rings. The lowest BCUT2D eigenvalue weighted by molar-refractivity contribution is -0.126. The molecule has 0 spiro atoms. The number of carbonyl (C=O) groups excluding carboxylic acids is 2. The van der Waals surface area contributed by atoms with Gasteiger partial charge in [0.2, 0.25) is 5.91 Å². The van der Waals surface area contributed by atoms with E-state index in [-0.39, 0.29) is 11.8 Å². The zero-order chi connectivity index (χ0) is 22.5. The molecule has 0 bridgehead atoms. The minimum absolute atomic E-state index is 0.149. The second-order valence-electron chi connectivity index (χ2n) is 8.67. The van der Waals surface area contributed by atoms with E-state index in [4.69, 9.17) is 0 Å². The van der Waals surface area contributed by atoms with Crippen molar-refractivity contribution in [3.8, 4) is 0 Å². The molecule has 5 rings (SSSR count). The van der Waals surface area contributed by atoms with Gasteiger partial charge in [-0.25, -0.2) is 0 Å². The maximum atomic E-state index is 13.8. The Labute approximate surface area is 191 Å². The third kappa shape index (κ3) is 3.22. The predicted molar refractivity (Wildman–Crippen MR) is 129 cm³/mol. The Kier molecular flexibility index (Phi) is 4.90. The summed E-state index contributed by atoms with van der Waals surface area (Å²) >= 11 is 1.60. The summed E-state index contributed by atoms with van der Waals surface area (Å²) in [6.45, 7) is 6.69. The summed E-state index contributed by atoms with van der Waals surface area (Å²) in [5.41, 5.74) is 3.44. The van der Waals surface area contributed by atoms with Crippen molar-refractivity contribution in [1.82, 2.24) is 9.88 Å². The number of hydrogen-bond donors (Lipinski definition) is 1. The van der Waals surface area contributed by atoms with Crippen molar-refractivity contribution < 1.29 is 9.59 Å². The van der Waals surface area contributed by atoms with Crippen molar-refractivity contribution in [3.63, 3.8) is 0 Å². The fourth-order valence-electron chi connectivity index (χ4n) is 4.60. The molecule has 2 amide bonds. The average Bonchev–Trinajstić information content (AvgIpc) is 3.37. The van der Waals surface area contributed by atoms with E-state index in [9.17, 15) is 9.59 Å². The van der Waals surface area contributed by atoms with Gasteiger partial charge in [-0.3, -0.25) is 14.5 Å². The van der Waals surface area contributed by atoms with E-state index in [2.05, 4.69) is 11.4 Å². The van der Waals surface area contributed by atoms with Crippen LogP contribution in [0.15, 0.2) is 66.0 Å². The van der Waals surface area contributed by atoms with Crippen LogP contribution in [0.5, 0.6) is 0 Å². The zero-order valence-corrected chi connectivity index (χ0v) is 19.2. The number of aromatic nitrogens is 1. The Bertz CT molecular complexity index is 1340. The van der Waals surface area contributed by atoms with Gasteiger partial charge in [-0.05, 0) is 55.5 Å². The van der Waals surface area contributed by atoms with E-state index in [1.165, 1.54) is 0 Å². The third-order valence-corrected chi connectivity index (χ3v) is 7.21. The molecule has 1 N–H and O–H groups in total. The van der Waals surface area contributed by atoms with Crippen molar-refractivity contribution >= 4 is 39.1 Å². The quantitative estimate of drug-likeness (QED) is 0.480. The van der Waals surface area contributed by atoms with E-state index in [1.54, 1.807) is 16.2 Å². The van der Waals surface area contributed by atoms with E-state index in [0.717, 1.165) is 32.6 Å². The number of carbonyl (C=O) groups is 2. The zero-order valence-electron chi connectivity index (χ0n) is 18.4. The van der Waals surface area contributed by atoms with E-state index in [0.29, 0.717) is 18.8 Å². The summed E-state index contributed by atoms with van der Waals surface area (Å²) in [5, 5.41) is 6.14. The number of anilines is 1. The van der Waals surface area contributed by atoms with Crippen LogP contribution in [0.25, 0.3) is 10.2 Å². The van der Waals surface area contributed by atoms with Crippen molar-refractivity contribution in [2.24, 2.45) is 0 Å². The molecule has 3 heterocycles. The second-order valence-corrected chi connectivity index (χ2v) is 9.56. The summed E-state index contributed by atoms with van der Waals surface area (Å²) in [7, 11) is 0. The van der Waals surface area contributed by atoms with Gasteiger partial charge in [0, 0.05) is 17.6 Å². The first kappa shape index (κ1) is 20.5. The van der Waals surface area contributed by atoms with Gasteiger partial charge >= 0.3 is 0 Å². The monoisotopic (exact) mass is 443 g/mol. The number of benzene rings is 2. The highest BCUT2D eigenvalue weighted by molar-refractivity contribution is 7.16. The number of hydrogen-bond acceptors (Lipinski definition) is 3. The summed E-state index contributed by atoms with van der Waals surface area (Å²) in [6.07, 6.45) is 0. The molecular formula is C26H25N3O2S. The Morgan fingerprint density at radius 3 is 2.62 bits per heavy atom. The molecule has 1 atom stereocenters. The molecule has 0 unspecified atom stereocenters. The molecule has 0 saturated carbocycles. The van der Waals surface area contributed by atoms with Gasteiger partial charge in [0.25, 0.3) is 5.91 Å². The minimum Gasteiger partial charge on any atom is -0.350 e.